The monoisotopic (exact) mass is 252 g/mol. The molecule has 1 N–H and O–H groups in total. The number of rotatable bonds is 1. The van der Waals surface area contributed by atoms with Crippen molar-refractivity contribution in [3.63, 3.8) is 0 Å². The van der Waals surface area contributed by atoms with Gasteiger partial charge in [-0.1, -0.05) is 24.3 Å². The number of ether oxygens (including phenoxy) is 1. The third-order valence-corrected chi connectivity index (χ3v) is 4.51. The Hall–Kier alpha value is -1.96. The molecule has 0 heterocycles. The number of benzene rings is 2. The summed E-state index contributed by atoms with van der Waals surface area (Å²) in [6.07, 6.45) is 3.37. The molecule has 19 heavy (non-hydrogen) atoms. The average Bonchev–Trinajstić information content (AvgIpc) is 2.82. The zero-order chi connectivity index (χ0) is 13.0. The lowest BCUT2D eigenvalue weighted by atomic mass is 9.79. The van der Waals surface area contributed by atoms with Crippen molar-refractivity contribution in [1.29, 1.82) is 0 Å². The predicted molar refractivity (Wildman–Crippen MR) is 74.9 cm³/mol. The van der Waals surface area contributed by atoms with E-state index in [-0.39, 0.29) is 5.75 Å². The van der Waals surface area contributed by atoms with Crippen LogP contribution in [0.1, 0.15) is 29.0 Å². The fourth-order valence-corrected chi connectivity index (χ4v) is 3.75. The highest BCUT2D eigenvalue weighted by Gasteiger charge is 2.34. The molecule has 2 aliphatic rings. The Kier molecular flexibility index (Phi) is 2.16. The molecule has 96 valence electrons. The normalized spacial score (nSPS) is 18.9. The lowest BCUT2D eigenvalue weighted by molar-refractivity contribution is 0.374. The summed E-state index contributed by atoms with van der Waals surface area (Å²) in [5, 5.41) is 10.2. The number of aryl methyl sites for hydroxylation is 1. The van der Waals surface area contributed by atoms with Crippen molar-refractivity contribution in [3.8, 4) is 22.6 Å². The number of phenols is 1. The Morgan fingerprint density at radius 1 is 1.21 bits per heavy atom. The molecule has 0 saturated carbocycles. The highest BCUT2D eigenvalue weighted by Crippen LogP contribution is 2.53. The minimum absolute atomic E-state index is 0.272. The highest BCUT2D eigenvalue weighted by molar-refractivity contribution is 5.83. The zero-order valence-corrected chi connectivity index (χ0v) is 10.9. The maximum absolute atomic E-state index is 10.2. The number of hydrogen-bond donors (Lipinski definition) is 1. The number of methoxy groups -OCH3 is 1. The molecule has 0 unspecified atom stereocenters. The van der Waals surface area contributed by atoms with Crippen LogP contribution < -0.4 is 4.74 Å². The Morgan fingerprint density at radius 2 is 2.05 bits per heavy atom. The van der Waals surface area contributed by atoms with Crippen LogP contribution in [0.25, 0.3) is 11.1 Å². The summed E-state index contributed by atoms with van der Waals surface area (Å²) >= 11 is 0. The van der Waals surface area contributed by atoms with Gasteiger partial charge in [-0.15, -0.1) is 0 Å². The van der Waals surface area contributed by atoms with Crippen LogP contribution >= 0.6 is 0 Å². The van der Waals surface area contributed by atoms with Crippen LogP contribution in [0, 0.1) is 0 Å². The van der Waals surface area contributed by atoms with Crippen molar-refractivity contribution in [3.05, 3.63) is 47.0 Å². The van der Waals surface area contributed by atoms with Crippen LogP contribution in [-0.2, 0) is 12.8 Å². The Labute approximate surface area is 112 Å². The smallest absolute Gasteiger partial charge is 0.168 e. The van der Waals surface area contributed by atoms with Crippen LogP contribution in [-0.4, -0.2) is 12.2 Å². The number of fused-ring (bicyclic) bond motifs is 2. The quantitative estimate of drug-likeness (QED) is 0.839. The Bertz CT molecular complexity index is 673. The first-order valence-corrected chi connectivity index (χ1v) is 6.80. The van der Waals surface area contributed by atoms with Gasteiger partial charge in [0.15, 0.2) is 11.5 Å². The van der Waals surface area contributed by atoms with Gasteiger partial charge in [0.1, 0.15) is 0 Å². The number of phenolic OH excluding ortho intramolecular Hbond substituents is 1. The zero-order valence-electron chi connectivity index (χ0n) is 10.9. The minimum atomic E-state index is 0.272. The van der Waals surface area contributed by atoms with Gasteiger partial charge in [0.25, 0.3) is 0 Å². The molecule has 1 atom stereocenters. The predicted octanol–water partition coefficient (Wildman–Crippen LogP) is 3.65. The summed E-state index contributed by atoms with van der Waals surface area (Å²) in [6, 6.07) is 10.4. The van der Waals surface area contributed by atoms with Gasteiger partial charge in [-0.25, -0.2) is 0 Å². The van der Waals surface area contributed by atoms with Crippen LogP contribution in [0.2, 0.25) is 0 Å². The molecule has 2 aromatic rings. The molecule has 2 nitrogen and oxygen atoms in total. The first-order chi connectivity index (χ1) is 9.29. The highest BCUT2D eigenvalue weighted by atomic mass is 16.5. The van der Waals surface area contributed by atoms with Crippen LogP contribution in [0.15, 0.2) is 30.3 Å². The Balaban J connectivity index is 2.11. The largest absolute Gasteiger partial charge is 0.504 e. The van der Waals surface area contributed by atoms with E-state index in [9.17, 15) is 5.11 Å². The summed E-state index contributed by atoms with van der Waals surface area (Å²) in [4.78, 5) is 0. The third-order valence-electron chi connectivity index (χ3n) is 4.51. The number of hydrogen-bond acceptors (Lipinski definition) is 2. The summed E-state index contributed by atoms with van der Waals surface area (Å²) in [5.41, 5.74) is 6.43. The van der Waals surface area contributed by atoms with E-state index >= 15 is 0 Å². The second-order valence-corrected chi connectivity index (χ2v) is 5.47. The lowest BCUT2D eigenvalue weighted by Gasteiger charge is -2.26. The summed E-state index contributed by atoms with van der Waals surface area (Å²) < 4.78 is 5.48. The average molecular weight is 252 g/mol. The van der Waals surface area contributed by atoms with Crippen LogP contribution in [0.5, 0.6) is 11.5 Å². The van der Waals surface area contributed by atoms with E-state index in [1.807, 2.05) is 6.07 Å². The molecule has 0 bridgehead atoms. The molecule has 0 aromatic heterocycles. The van der Waals surface area contributed by atoms with E-state index in [4.69, 9.17) is 4.74 Å². The molecule has 4 rings (SSSR count). The van der Waals surface area contributed by atoms with Gasteiger partial charge in [-0.3, -0.25) is 0 Å². The van der Waals surface area contributed by atoms with Crippen molar-refractivity contribution < 1.29 is 9.84 Å². The van der Waals surface area contributed by atoms with E-state index in [1.165, 1.54) is 28.7 Å². The first kappa shape index (κ1) is 10.9. The second kappa shape index (κ2) is 3.77. The van der Waals surface area contributed by atoms with Crippen molar-refractivity contribution in [2.45, 2.75) is 25.2 Å². The molecule has 0 fully saturated rings. The van der Waals surface area contributed by atoms with Crippen molar-refractivity contribution >= 4 is 0 Å². The molecule has 0 amide bonds. The molecule has 0 saturated heterocycles. The molecule has 0 spiro atoms. The van der Waals surface area contributed by atoms with Gasteiger partial charge in [0.2, 0.25) is 0 Å². The molecule has 2 aromatic carbocycles. The van der Waals surface area contributed by atoms with Gasteiger partial charge < -0.3 is 9.84 Å². The molecule has 2 heteroatoms. The van der Waals surface area contributed by atoms with Gasteiger partial charge in [0.05, 0.1) is 7.11 Å². The van der Waals surface area contributed by atoms with E-state index < -0.39 is 0 Å². The minimum Gasteiger partial charge on any atom is -0.504 e. The maximum atomic E-state index is 10.2. The molecule has 2 aliphatic carbocycles. The number of aromatic hydroxyl groups is 1. The van der Waals surface area contributed by atoms with Crippen LogP contribution in [0.4, 0.5) is 0 Å². The van der Waals surface area contributed by atoms with Gasteiger partial charge >= 0.3 is 0 Å². The summed E-state index contributed by atoms with van der Waals surface area (Å²) in [5.74, 6) is 1.50. The summed E-state index contributed by atoms with van der Waals surface area (Å²) in [7, 11) is 1.64. The standard InChI is InChI=1S/C17H16O2/c1-19-17-14(18)9-12-7-6-11-8-10-4-2-3-5-13(10)16(17)15(11)12/h2-5,9,11,18H,6-8H2,1H3/t11-/m1/s1. The fourth-order valence-electron chi connectivity index (χ4n) is 3.75. The third kappa shape index (κ3) is 1.37. The SMILES string of the molecule is COc1c(O)cc2c3c1-c1ccccc1C[C@H]3CC2. The van der Waals surface area contributed by atoms with Crippen LogP contribution in [0.3, 0.4) is 0 Å². The van der Waals surface area contributed by atoms with Crippen molar-refractivity contribution in [2.24, 2.45) is 0 Å². The fraction of sp³-hybridized carbons (Fsp3) is 0.294. The van der Waals surface area contributed by atoms with Gasteiger partial charge in [-0.2, -0.15) is 0 Å². The topological polar surface area (TPSA) is 29.5 Å². The maximum Gasteiger partial charge on any atom is 0.168 e. The van der Waals surface area contributed by atoms with E-state index in [2.05, 4.69) is 24.3 Å². The molecule has 0 radical (unpaired) electrons. The molecular formula is C17H16O2. The second-order valence-electron chi connectivity index (χ2n) is 5.47. The molecule has 0 aliphatic heterocycles. The summed E-state index contributed by atoms with van der Waals surface area (Å²) in [6.45, 7) is 0. The van der Waals surface area contributed by atoms with Crippen molar-refractivity contribution in [1.82, 2.24) is 0 Å². The van der Waals surface area contributed by atoms with E-state index in [1.54, 1.807) is 7.11 Å². The first-order valence-electron chi connectivity index (χ1n) is 6.80. The van der Waals surface area contributed by atoms with E-state index in [0.717, 1.165) is 18.4 Å². The van der Waals surface area contributed by atoms with Gasteiger partial charge in [-0.05, 0) is 53.5 Å². The van der Waals surface area contributed by atoms with Crippen molar-refractivity contribution in [2.75, 3.05) is 7.11 Å². The Morgan fingerprint density at radius 3 is 2.89 bits per heavy atom. The van der Waals surface area contributed by atoms with E-state index in [0.29, 0.717) is 11.7 Å². The molecular weight excluding hydrogens is 236 g/mol. The lowest BCUT2D eigenvalue weighted by Crippen LogP contribution is -2.09. The van der Waals surface area contributed by atoms with Gasteiger partial charge in [0, 0.05) is 5.56 Å².